The normalized spacial score (nSPS) is 10.8. The number of fused-ring (bicyclic) bond motifs is 1. The van der Waals surface area contributed by atoms with E-state index in [0.29, 0.717) is 21.3 Å². The molecule has 0 bridgehead atoms. The molecule has 0 spiro atoms. The molecule has 0 radical (unpaired) electrons. The van der Waals surface area contributed by atoms with Crippen LogP contribution in [0.3, 0.4) is 0 Å². The minimum absolute atomic E-state index is 0.00501. The van der Waals surface area contributed by atoms with Crippen molar-refractivity contribution in [3.63, 3.8) is 0 Å². The highest BCUT2D eigenvalue weighted by Gasteiger charge is 2.11. The lowest BCUT2D eigenvalue weighted by Gasteiger charge is -2.09. The van der Waals surface area contributed by atoms with Crippen LogP contribution in [0.25, 0.3) is 11.0 Å². The number of nitrogens with zero attached hydrogens (tertiary/aromatic N) is 2. The lowest BCUT2D eigenvalue weighted by molar-refractivity contribution is 0.452. The van der Waals surface area contributed by atoms with E-state index in [1.165, 1.54) is 4.57 Å². The average molecular weight is 321 g/mol. The van der Waals surface area contributed by atoms with Crippen molar-refractivity contribution in [1.82, 2.24) is 9.55 Å². The van der Waals surface area contributed by atoms with Crippen molar-refractivity contribution in [3.05, 3.63) is 62.9 Å². The zero-order valence-corrected chi connectivity index (χ0v) is 12.5. The van der Waals surface area contributed by atoms with Crippen molar-refractivity contribution < 1.29 is 4.74 Å². The highest BCUT2D eigenvalue weighted by Crippen LogP contribution is 2.28. The minimum Gasteiger partial charge on any atom is -0.435 e. The molecule has 1 heterocycles. The third-order valence-corrected chi connectivity index (χ3v) is 3.80. The zero-order valence-electron chi connectivity index (χ0n) is 11.0. The number of aromatic nitrogens is 2. The molecule has 0 aliphatic carbocycles. The molecule has 4 nitrogen and oxygen atoms in total. The van der Waals surface area contributed by atoms with Gasteiger partial charge in [0.05, 0.1) is 21.1 Å². The molecule has 106 valence electrons. The summed E-state index contributed by atoms with van der Waals surface area (Å²) in [6, 6.07) is 12.1. The van der Waals surface area contributed by atoms with Crippen LogP contribution in [0.5, 0.6) is 11.6 Å². The van der Waals surface area contributed by atoms with Gasteiger partial charge in [-0.3, -0.25) is 4.79 Å². The molecule has 0 saturated carbocycles. The molecule has 1 aromatic heterocycles. The van der Waals surface area contributed by atoms with Gasteiger partial charge in [-0.05, 0) is 24.3 Å². The quantitative estimate of drug-likeness (QED) is 0.716. The minimum atomic E-state index is -0.320. The summed E-state index contributed by atoms with van der Waals surface area (Å²) in [5, 5.41) is 0.773. The molecule has 0 saturated heterocycles. The third-order valence-electron chi connectivity index (χ3n) is 3.06. The van der Waals surface area contributed by atoms with Gasteiger partial charge in [0.1, 0.15) is 5.75 Å². The van der Waals surface area contributed by atoms with Crippen molar-refractivity contribution >= 4 is 34.2 Å². The van der Waals surface area contributed by atoms with Crippen LogP contribution in [0.4, 0.5) is 0 Å². The van der Waals surface area contributed by atoms with Crippen LogP contribution in [0.15, 0.2) is 47.3 Å². The Morgan fingerprint density at radius 3 is 2.62 bits per heavy atom. The van der Waals surface area contributed by atoms with Gasteiger partial charge in [0.2, 0.25) is 0 Å². The van der Waals surface area contributed by atoms with Gasteiger partial charge in [-0.1, -0.05) is 35.3 Å². The SMILES string of the molecule is Cn1c(=O)c(Oc2ccc(Cl)c(Cl)c2)nc2ccccc21. The molecule has 3 aromatic rings. The lowest BCUT2D eigenvalue weighted by atomic mass is 10.3. The number of para-hydroxylation sites is 2. The molecule has 0 unspecified atom stereocenters. The van der Waals surface area contributed by atoms with E-state index in [0.717, 1.165) is 5.52 Å². The van der Waals surface area contributed by atoms with Gasteiger partial charge in [0.15, 0.2) is 0 Å². The Kier molecular flexibility index (Phi) is 3.57. The van der Waals surface area contributed by atoms with E-state index in [2.05, 4.69) is 4.98 Å². The molecule has 2 aromatic carbocycles. The van der Waals surface area contributed by atoms with Crippen molar-refractivity contribution in [2.24, 2.45) is 7.05 Å². The molecule has 0 aliphatic heterocycles. The van der Waals surface area contributed by atoms with E-state index in [1.807, 2.05) is 24.3 Å². The number of rotatable bonds is 2. The van der Waals surface area contributed by atoms with E-state index in [4.69, 9.17) is 27.9 Å². The second-order valence-corrected chi connectivity index (χ2v) is 5.26. The van der Waals surface area contributed by atoms with Gasteiger partial charge in [-0.2, -0.15) is 0 Å². The Balaban J connectivity index is 2.10. The number of aryl methyl sites for hydroxylation is 1. The first-order valence-electron chi connectivity index (χ1n) is 6.15. The second kappa shape index (κ2) is 5.39. The van der Waals surface area contributed by atoms with Crippen LogP contribution < -0.4 is 10.3 Å². The summed E-state index contributed by atoms with van der Waals surface area (Å²) < 4.78 is 7.04. The molecule has 6 heteroatoms. The number of hydrogen-bond acceptors (Lipinski definition) is 3. The Bertz CT molecular complexity index is 890. The summed E-state index contributed by atoms with van der Waals surface area (Å²) >= 11 is 11.8. The first kappa shape index (κ1) is 13.9. The van der Waals surface area contributed by atoms with E-state index < -0.39 is 0 Å². The predicted octanol–water partition coefficient (Wildman–Crippen LogP) is 4.03. The topological polar surface area (TPSA) is 44.1 Å². The molecule has 0 fully saturated rings. The Labute approximate surface area is 130 Å². The maximum absolute atomic E-state index is 12.3. The van der Waals surface area contributed by atoms with E-state index in [9.17, 15) is 4.79 Å². The summed E-state index contributed by atoms with van der Waals surface area (Å²) in [6.45, 7) is 0. The van der Waals surface area contributed by atoms with Crippen LogP contribution in [-0.2, 0) is 7.05 Å². The summed E-state index contributed by atoms with van der Waals surface area (Å²) in [6.07, 6.45) is 0. The molecule has 0 atom stereocenters. The number of hydrogen-bond donors (Lipinski definition) is 0. The van der Waals surface area contributed by atoms with Gasteiger partial charge < -0.3 is 9.30 Å². The summed E-state index contributed by atoms with van der Waals surface area (Å²) in [5.74, 6) is 0.402. The van der Waals surface area contributed by atoms with Gasteiger partial charge >= 0.3 is 5.56 Å². The second-order valence-electron chi connectivity index (χ2n) is 4.45. The van der Waals surface area contributed by atoms with Crippen LogP contribution in [0.2, 0.25) is 10.0 Å². The largest absolute Gasteiger partial charge is 0.435 e. The van der Waals surface area contributed by atoms with Gasteiger partial charge in [-0.15, -0.1) is 0 Å². The van der Waals surface area contributed by atoms with Crippen LogP contribution in [0, 0.1) is 0 Å². The monoisotopic (exact) mass is 320 g/mol. The maximum atomic E-state index is 12.3. The van der Waals surface area contributed by atoms with Gasteiger partial charge in [0, 0.05) is 13.1 Å². The number of benzene rings is 2. The first-order valence-corrected chi connectivity index (χ1v) is 6.90. The summed E-state index contributed by atoms with van der Waals surface area (Å²) in [5.41, 5.74) is 1.10. The Morgan fingerprint density at radius 1 is 1.10 bits per heavy atom. The van der Waals surface area contributed by atoms with E-state index in [1.54, 1.807) is 25.2 Å². The Hall–Kier alpha value is -2.04. The fraction of sp³-hybridized carbons (Fsp3) is 0.0667. The molecular formula is C15H10Cl2N2O2. The maximum Gasteiger partial charge on any atom is 0.313 e. The van der Waals surface area contributed by atoms with E-state index in [-0.39, 0.29) is 11.4 Å². The number of halogens is 2. The number of ether oxygens (including phenoxy) is 1. The molecule has 3 rings (SSSR count). The summed E-state index contributed by atoms with van der Waals surface area (Å²) in [4.78, 5) is 16.5. The highest BCUT2D eigenvalue weighted by molar-refractivity contribution is 6.42. The van der Waals surface area contributed by atoms with E-state index >= 15 is 0 Å². The van der Waals surface area contributed by atoms with Gasteiger partial charge in [-0.25, -0.2) is 4.98 Å². The van der Waals surface area contributed by atoms with Crippen LogP contribution in [0.1, 0.15) is 0 Å². The fourth-order valence-electron chi connectivity index (χ4n) is 1.97. The molecule has 0 N–H and O–H groups in total. The molecule has 0 amide bonds. The molecule has 0 aliphatic rings. The van der Waals surface area contributed by atoms with Crippen molar-refractivity contribution in [2.45, 2.75) is 0 Å². The van der Waals surface area contributed by atoms with Crippen molar-refractivity contribution in [1.29, 1.82) is 0 Å². The predicted molar refractivity (Wildman–Crippen MR) is 83.5 cm³/mol. The third kappa shape index (κ3) is 2.60. The lowest BCUT2D eigenvalue weighted by Crippen LogP contribution is -2.20. The molecule has 21 heavy (non-hydrogen) atoms. The Morgan fingerprint density at radius 2 is 1.86 bits per heavy atom. The standard InChI is InChI=1S/C15H10Cl2N2O2/c1-19-13-5-3-2-4-12(13)18-14(15(19)20)21-9-6-7-10(16)11(17)8-9/h2-8H,1H3. The average Bonchev–Trinajstić information content (AvgIpc) is 2.48. The van der Waals surface area contributed by atoms with Crippen molar-refractivity contribution in [3.8, 4) is 11.6 Å². The van der Waals surface area contributed by atoms with Gasteiger partial charge in [0.25, 0.3) is 5.88 Å². The summed E-state index contributed by atoms with van der Waals surface area (Å²) in [7, 11) is 1.67. The van der Waals surface area contributed by atoms with Crippen LogP contribution >= 0.6 is 23.2 Å². The molecular weight excluding hydrogens is 311 g/mol. The first-order chi connectivity index (χ1) is 10.1. The van der Waals surface area contributed by atoms with Crippen molar-refractivity contribution in [2.75, 3.05) is 0 Å². The highest BCUT2D eigenvalue weighted by atomic mass is 35.5. The van der Waals surface area contributed by atoms with Crippen LogP contribution in [-0.4, -0.2) is 9.55 Å². The zero-order chi connectivity index (χ0) is 15.0. The smallest absolute Gasteiger partial charge is 0.313 e. The fourth-order valence-corrected chi connectivity index (χ4v) is 2.26.